The van der Waals surface area contributed by atoms with Crippen LogP contribution in [0.1, 0.15) is 58.3 Å². The molecule has 4 heteroatoms. The third-order valence-electron chi connectivity index (χ3n) is 5.92. The second-order valence-electron chi connectivity index (χ2n) is 7.07. The summed E-state index contributed by atoms with van der Waals surface area (Å²) in [5.41, 5.74) is 0. The van der Waals surface area contributed by atoms with Gasteiger partial charge in [0, 0.05) is 18.5 Å². The van der Waals surface area contributed by atoms with E-state index in [2.05, 4.69) is 0 Å². The highest BCUT2D eigenvalue weighted by Crippen LogP contribution is 2.47. The lowest BCUT2D eigenvalue weighted by Gasteiger charge is -2.36. The minimum absolute atomic E-state index is 0.159. The molecule has 0 bridgehead atoms. The molecule has 0 aromatic carbocycles. The molecule has 1 saturated heterocycles. The molecular weight excluding hydrogens is 266 g/mol. The number of hydrogen-bond donors (Lipinski definition) is 1. The fourth-order valence-corrected chi connectivity index (χ4v) is 5.01. The van der Waals surface area contributed by atoms with Crippen molar-refractivity contribution < 1.29 is 14.6 Å². The van der Waals surface area contributed by atoms with Gasteiger partial charge in [-0.2, -0.15) is 0 Å². The number of aliphatic hydroxyl groups is 1. The number of fused-ring (bicyclic) bond motifs is 1. The van der Waals surface area contributed by atoms with Gasteiger partial charge in [0.05, 0.1) is 12.7 Å². The van der Waals surface area contributed by atoms with Gasteiger partial charge in [0.1, 0.15) is 0 Å². The van der Waals surface area contributed by atoms with Crippen LogP contribution in [0, 0.1) is 17.8 Å². The van der Waals surface area contributed by atoms with E-state index in [4.69, 9.17) is 4.74 Å². The van der Waals surface area contributed by atoms with Crippen LogP contribution >= 0.6 is 0 Å². The van der Waals surface area contributed by atoms with Crippen molar-refractivity contribution in [1.29, 1.82) is 0 Å². The van der Waals surface area contributed by atoms with Crippen LogP contribution in [0.15, 0.2) is 0 Å². The van der Waals surface area contributed by atoms with Crippen LogP contribution in [0.2, 0.25) is 0 Å². The molecule has 1 N–H and O–H groups in total. The molecule has 21 heavy (non-hydrogen) atoms. The van der Waals surface area contributed by atoms with E-state index in [-0.39, 0.29) is 24.2 Å². The lowest BCUT2D eigenvalue weighted by molar-refractivity contribution is 0.0274. The van der Waals surface area contributed by atoms with Crippen molar-refractivity contribution in [2.75, 3.05) is 13.2 Å². The van der Waals surface area contributed by atoms with Gasteiger partial charge in [-0.05, 0) is 44.4 Å². The monoisotopic (exact) mass is 295 g/mol. The van der Waals surface area contributed by atoms with E-state index in [1.807, 2.05) is 11.8 Å². The molecule has 3 aliphatic rings. The van der Waals surface area contributed by atoms with Crippen LogP contribution in [0.4, 0.5) is 4.79 Å². The van der Waals surface area contributed by atoms with Gasteiger partial charge in [-0.15, -0.1) is 0 Å². The topological polar surface area (TPSA) is 49.8 Å². The van der Waals surface area contributed by atoms with Gasteiger partial charge in [-0.1, -0.05) is 25.7 Å². The number of nitrogens with zero attached hydrogens (tertiary/aromatic N) is 1. The van der Waals surface area contributed by atoms with Crippen molar-refractivity contribution in [3.63, 3.8) is 0 Å². The van der Waals surface area contributed by atoms with Crippen molar-refractivity contribution in [2.45, 2.75) is 70.4 Å². The number of aliphatic hydroxyl groups excluding tert-OH is 1. The number of carbonyl (C=O) groups is 1. The van der Waals surface area contributed by atoms with E-state index in [0.717, 1.165) is 25.8 Å². The van der Waals surface area contributed by atoms with Crippen LogP contribution < -0.4 is 0 Å². The molecule has 120 valence electrons. The molecule has 1 amide bonds. The summed E-state index contributed by atoms with van der Waals surface area (Å²) >= 11 is 0. The Labute approximate surface area is 127 Å². The molecule has 5 atom stereocenters. The Morgan fingerprint density at radius 2 is 1.86 bits per heavy atom. The van der Waals surface area contributed by atoms with Crippen LogP contribution in [-0.4, -0.2) is 41.4 Å². The number of carbonyl (C=O) groups excluding carboxylic acids is 1. The average Bonchev–Trinajstić information content (AvgIpc) is 2.97. The second kappa shape index (κ2) is 6.55. The van der Waals surface area contributed by atoms with E-state index in [1.54, 1.807) is 0 Å². The normalized spacial score (nSPS) is 39.9. The Morgan fingerprint density at radius 1 is 1.10 bits per heavy atom. The smallest absolute Gasteiger partial charge is 0.410 e. The second-order valence-corrected chi connectivity index (χ2v) is 7.07. The molecular formula is C17H29NO3. The first kappa shape index (κ1) is 15.1. The Balaban J connectivity index is 1.81. The van der Waals surface area contributed by atoms with Crippen LogP contribution in [-0.2, 0) is 4.74 Å². The van der Waals surface area contributed by atoms with Crippen molar-refractivity contribution >= 4 is 6.09 Å². The quantitative estimate of drug-likeness (QED) is 0.796. The SMILES string of the molecule is CCOC(=O)N1CC2CCCC2C1C1CCCCCC1O. The first-order chi connectivity index (χ1) is 10.2. The maximum atomic E-state index is 12.3. The lowest BCUT2D eigenvalue weighted by atomic mass is 9.80. The van der Waals surface area contributed by atoms with Gasteiger partial charge < -0.3 is 14.7 Å². The zero-order valence-electron chi connectivity index (χ0n) is 13.2. The van der Waals surface area contributed by atoms with E-state index >= 15 is 0 Å². The van der Waals surface area contributed by atoms with Crippen molar-refractivity contribution in [3.05, 3.63) is 0 Å². The van der Waals surface area contributed by atoms with E-state index in [1.165, 1.54) is 32.1 Å². The van der Waals surface area contributed by atoms with E-state index < -0.39 is 0 Å². The highest BCUT2D eigenvalue weighted by Gasteiger charge is 2.50. The van der Waals surface area contributed by atoms with Gasteiger partial charge in [-0.25, -0.2) is 4.79 Å². The fourth-order valence-electron chi connectivity index (χ4n) is 5.01. The molecule has 0 aromatic rings. The van der Waals surface area contributed by atoms with Crippen LogP contribution in [0.5, 0.6) is 0 Å². The molecule has 0 aromatic heterocycles. The molecule has 4 nitrogen and oxygen atoms in total. The maximum absolute atomic E-state index is 12.3. The van der Waals surface area contributed by atoms with Crippen molar-refractivity contribution in [2.24, 2.45) is 17.8 Å². The summed E-state index contributed by atoms with van der Waals surface area (Å²) in [6.07, 6.45) is 8.82. The van der Waals surface area contributed by atoms with Crippen molar-refractivity contribution in [1.82, 2.24) is 4.90 Å². The largest absolute Gasteiger partial charge is 0.450 e. The van der Waals surface area contributed by atoms with Gasteiger partial charge in [0.25, 0.3) is 0 Å². The fraction of sp³-hybridized carbons (Fsp3) is 0.941. The number of likely N-dealkylation sites (tertiary alicyclic amines) is 1. The molecule has 2 aliphatic carbocycles. The Hall–Kier alpha value is -0.770. The Morgan fingerprint density at radius 3 is 2.67 bits per heavy atom. The molecule has 0 radical (unpaired) electrons. The highest BCUT2D eigenvalue weighted by molar-refractivity contribution is 5.68. The number of hydrogen-bond acceptors (Lipinski definition) is 3. The summed E-state index contributed by atoms with van der Waals surface area (Å²) in [6, 6.07) is 0.213. The van der Waals surface area contributed by atoms with Gasteiger partial charge >= 0.3 is 6.09 Å². The summed E-state index contributed by atoms with van der Waals surface area (Å²) < 4.78 is 5.28. The summed E-state index contributed by atoms with van der Waals surface area (Å²) in [6.45, 7) is 3.15. The summed E-state index contributed by atoms with van der Waals surface area (Å²) in [5.74, 6) is 1.48. The molecule has 1 heterocycles. The molecule has 3 rings (SSSR count). The zero-order chi connectivity index (χ0) is 14.8. The molecule has 0 spiro atoms. The Kier molecular flexibility index (Phi) is 4.72. The van der Waals surface area contributed by atoms with Gasteiger partial charge in [0.2, 0.25) is 0 Å². The predicted octanol–water partition coefficient (Wildman–Crippen LogP) is 3.18. The third-order valence-corrected chi connectivity index (χ3v) is 5.92. The van der Waals surface area contributed by atoms with Crippen molar-refractivity contribution in [3.8, 4) is 0 Å². The minimum Gasteiger partial charge on any atom is -0.450 e. The Bertz CT molecular complexity index is 373. The number of rotatable bonds is 2. The van der Waals surface area contributed by atoms with Crippen LogP contribution in [0.3, 0.4) is 0 Å². The minimum atomic E-state index is -0.242. The highest BCUT2D eigenvalue weighted by atomic mass is 16.6. The summed E-state index contributed by atoms with van der Waals surface area (Å²) in [4.78, 5) is 14.3. The molecule has 2 saturated carbocycles. The third kappa shape index (κ3) is 2.92. The van der Waals surface area contributed by atoms with Gasteiger partial charge in [-0.3, -0.25) is 0 Å². The first-order valence-electron chi connectivity index (χ1n) is 8.83. The van der Waals surface area contributed by atoms with Gasteiger partial charge in [0.15, 0.2) is 0 Å². The van der Waals surface area contributed by atoms with E-state index in [0.29, 0.717) is 18.4 Å². The predicted molar refractivity (Wildman–Crippen MR) is 80.9 cm³/mol. The lowest BCUT2D eigenvalue weighted by Crippen LogP contribution is -2.46. The van der Waals surface area contributed by atoms with Crippen LogP contribution in [0.25, 0.3) is 0 Å². The summed E-state index contributed by atoms with van der Waals surface area (Å²) in [7, 11) is 0. The molecule has 3 fully saturated rings. The summed E-state index contributed by atoms with van der Waals surface area (Å²) in [5, 5.41) is 10.6. The standard InChI is InChI=1S/C17H29NO3/c1-2-21-17(20)18-11-12-7-6-9-13(12)16(18)14-8-4-3-5-10-15(14)19/h12-16,19H,2-11H2,1H3. The maximum Gasteiger partial charge on any atom is 0.410 e. The number of amides is 1. The zero-order valence-corrected chi connectivity index (χ0v) is 13.2. The molecule has 5 unspecified atom stereocenters. The number of ether oxygens (including phenoxy) is 1. The average molecular weight is 295 g/mol. The first-order valence-corrected chi connectivity index (χ1v) is 8.83. The van der Waals surface area contributed by atoms with E-state index in [9.17, 15) is 9.90 Å². The molecule has 1 aliphatic heterocycles.